The molecular weight excluding hydrogens is 384 g/mol. The lowest BCUT2D eigenvalue weighted by molar-refractivity contribution is -0.105. The van der Waals surface area contributed by atoms with Crippen molar-refractivity contribution in [1.29, 1.82) is 0 Å². The van der Waals surface area contributed by atoms with Gasteiger partial charge in [-0.25, -0.2) is 4.98 Å². The number of aromatic nitrogens is 2. The summed E-state index contributed by atoms with van der Waals surface area (Å²) in [7, 11) is 0. The second kappa shape index (κ2) is 8.13. The lowest BCUT2D eigenvalue weighted by Crippen LogP contribution is -2.38. The zero-order valence-electron chi connectivity index (χ0n) is 16.3. The molecule has 0 bridgehead atoms. The summed E-state index contributed by atoms with van der Waals surface area (Å²) in [5.74, 6) is 0.714. The topological polar surface area (TPSA) is 78.1 Å². The van der Waals surface area contributed by atoms with E-state index in [1.165, 1.54) is 0 Å². The third-order valence-electron chi connectivity index (χ3n) is 5.23. The van der Waals surface area contributed by atoms with E-state index in [0.29, 0.717) is 25.3 Å². The normalized spacial score (nSPS) is 16.6. The molecule has 29 heavy (non-hydrogen) atoms. The molecule has 1 aliphatic heterocycles. The van der Waals surface area contributed by atoms with Crippen LogP contribution in [0.3, 0.4) is 0 Å². The van der Waals surface area contributed by atoms with Gasteiger partial charge in [0.1, 0.15) is 11.5 Å². The standard InChI is InChI=1S/C22H22N4O2S/c1-14-12-26(22(28)17-5-3-4-6-19(17)29-2)10-8-15(14)18-11-20(24-13-27)25-21-16(18)7-9-23-21/h3-9,11,13-14H,10,12H2,1-2H3,(H2,23,24,25,27). The zero-order valence-corrected chi connectivity index (χ0v) is 17.1. The van der Waals surface area contributed by atoms with Crippen molar-refractivity contribution in [3.05, 3.63) is 59.8 Å². The Morgan fingerprint density at radius 3 is 2.93 bits per heavy atom. The molecule has 2 amide bonds. The third kappa shape index (κ3) is 3.65. The fraction of sp³-hybridized carbons (Fsp3) is 0.227. The Bertz CT molecular complexity index is 1110. The van der Waals surface area contributed by atoms with Crippen LogP contribution in [0.1, 0.15) is 22.8 Å². The number of pyridine rings is 1. The quantitative estimate of drug-likeness (QED) is 0.495. The van der Waals surface area contributed by atoms with Gasteiger partial charge in [0.15, 0.2) is 0 Å². The van der Waals surface area contributed by atoms with Crippen LogP contribution in [0.15, 0.2) is 53.6 Å². The van der Waals surface area contributed by atoms with Crippen LogP contribution in [0.2, 0.25) is 0 Å². The van der Waals surface area contributed by atoms with E-state index in [0.717, 1.165) is 32.6 Å². The average molecular weight is 407 g/mol. The zero-order chi connectivity index (χ0) is 20.4. The molecule has 0 fully saturated rings. The number of anilines is 1. The van der Waals surface area contributed by atoms with Crippen molar-refractivity contribution in [3.8, 4) is 0 Å². The smallest absolute Gasteiger partial charge is 0.255 e. The highest BCUT2D eigenvalue weighted by atomic mass is 32.2. The second-order valence-electron chi connectivity index (χ2n) is 7.03. The summed E-state index contributed by atoms with van der Waals surface area (Å²) in [4.78, 5) is 34.4. The van der Waals surface area contributed by atoms with Crippen molar-refractivity contribution in [2.45, 2.75) is 11.8 Å². The van der Waals surface area contributed by atoms with Gasteiger partial charge >= 0.3 is 0 Å². The number of carbonyl (C=O) groups excluding carboxylic acids is 2. The van der Waals surface area contributed by atoms with Crippen molar-refractivity contribution in [2.75, 3.05) is 24.7 Å². The molecule has 0 saturated carbocycles. The Morgan fingerprint density at radius 1 is 1.34 bits per heavy atom. The van der Waals surface area contributed by atoms with Gasteiger partial charge in [-0.1, -0.05) is 25.1 Å². The molecule has 1 aliphatic rings. The van der Waals surface area contributed by atoms with E-state index >= 15 is 0 Å². The minimum Gasteiger partial charge on any atom is -0.346 e. The molecule has 0 radical (unpaired) electrons. The summed E-state index contributed by atoms with van der Waals surface area (Å²) in [5.41, 5.74) is 3.67. The Labute approximate surface area is 173 Å². The Kier molecular flexibility index (Phi) is 5.40. The van der Waals surface area contributed by atoms with Gasteiger partial charge in [0.05, 0.1) is 5.56 Å². The van der Waals surface area contributed by atoms with Crippen molar-refractivity contribution < 1.29 is 9.59 Å². The van der Waals surface area contributed by atoms with Crippen LogP contribution in [-0.2, 0) is 4.79 Å². The van der Waals surface area contributed by atoms with Gasteiger partial charge in [-0.2, -0.15) is 0 Å². The van der Waals surface area contributed by atoms with Crippen LogP contribution in [0.25, 0.3) is 16.6 Å². The highest BCUT2D eigenvalue weighted by Gasteiger charge is 2.26. The number of H-pyrrole nitrogens is 1. The summed E-state index contributed by atoms with van der Waals surface area (Å²) >= 11 is 1.59. The molecule has 6 nitrogen and oxygen atoms in total. The van der Waals surface area contributed by atoms with Crippen molar-refractivity contribution in [1.82, 2.24) is 14.9 Å². The number of aromatic amines is 1. The maximum atomic E-state index is 13.1. The molecule has 3 heterocycles. The van der Waals surface area contributed by atoms with Crippen LogP contribution in [-0.4, -0.2) is 46.5 Å². The number of carbonyl (C=O) groups is 2. The fourth-order valence-electron chi connectivity index (χ4n) is 3.86. The molecule has 0 aliphatic carbocycles. The average Bonchev–Trinajstić information content (AvgIpc) is 3.21. The summed E-state index contributed by atoms with van der Waals surface area (Å²) in [6.07, 6.45) is 6.57. The van der Waals surface area contributed by atoms with Crippen LogP contribution in [0, 0.1) is 5.92 Å². The van der Waals surface area contributed by atoms with Gasteiger partial charge in [-0.05, 0) is 47.6 Å². The minimum atomic E-state index is 0.0573. The van der Waals surface area contributed by atoms with E-state index in [-0.39, 0.29) is 11.8 Å². The maximum Gasteiger partial charge on any atom is 0.255 e. The second-order valence-corrected chi connectivity index (χ2v) is 7.88. The number of hydrogen-bond donors (Lipinski definition) is 2. The van der Waals surface area contributed by atoms with Crippen molar-refractivity contribution in [2.24, 2.45) is 5.92 Å². The molecule has 3 aromatic rings. The van der Waals surface area contributed by atoms with Crippen LogP contribution >= 0.6 is 11.8 Å². The van der Waals surface area contributed by atoms with Gasteiger partial charge in [-0.3, -0.25) is 9.59 Å². The Balaban J connectivity index is 1.66. The van der Waals surface area contributed by atoms with Gasteiger partial charge in [0, 0.05) is 29.6 Å². The number of nitrogens with zero attached hydrogens (tertiary/aromatic N) is 2. The summed E-state index contributed by atoms with van der Waals surface area (Å²) < 4.78 is 0. The third-order valence-corrected chi connectivity index (χ3v) is 6.02. The highest BCUT2D eigenvalue weighted by molar-refractivity contribution is 7.98. The van der Waals surface area contributed by atoms with Crippen LogP contribution in [0.4, 0.5) is 5.82 Å². The predicted octanol–water partition coefficient (Wildman–Crippen LogP) is 4.03. The monoisotopic (exact) mass is 406 g/mol. The van der Waals surface area contributed by atoms with Gasteiger partial charge in [0.2, 0.25) is 6.41 Å². The molecule has 1 atom stereocenters. The van der Waals surface area contributed by atoms with E-state index in [9.17, 15) is 9.59 Å². The van der Waals surface area contributed by atoms with Gasteiger partial charge in [0.25, 0.3) is 5.91 Å². The number of nitrogens with one attached hydrogen (secondary N) is 2. The Hall–Kier alpha value is -3.06. The van der Waals surface area contributed by atoms with Crippen molar-refractivity contribution >= 4 is 46.5 Å². The molecule has 0 spiro atoms. The van der Waals surface area contributed by atoms with E-state index < -0.39 is 0 Å². The first kappa shape index (κ1) is 19.3. The summed E-state index contributed by atoms with van der Waals surface area (Å²) in [6, 6.07) is 11.6. The maximum absolute atomic E-state index is 13.1. The summed E-state index contributed by atoms with van der Waals surface area (Å²) in [5, 5.41) is 3.65. The minimum absolute atomic E-state index is 0.0573. The number of rotatable bonds is 5. The van der Waals surface area contributed by atoms with Crippen LogP contribution < -0.4 is 5.32 Å². The van der Waals surface area contributed by atoms with E-state index in [4.69, 9.17) is 0 Å². The first-order valence-electron chi connectivity index (χ1n) is 9.43. The number of amides is 2. The van der Waals surface area contributed by atoms with Crippen molar-refractivity contribution in [3.63, 3.8) is 0 Å². The molecule has 7 heteroatoms. The van der Waals surface area contributed by atoms with Gasteiger partial charge in [-0.15, -0.1) is 11.8 Å². The molecule has 0 saturated heterocycles. The number of benzene rings is 1. The van der Waals surface area contributed by atoms with Gasteiger partial charge < -0.3 is 15.2 Å². The van der Waals surface area contributed by atoms with E-state index in [1.807, 2.05) is 53.8 Å². The molecule has 1 unspecified atom stereocenters. The Morgan fingerprint density at radius 2 is 2.17 bits per heavy atom. The fourth-order valence-corrected chi connectivity index (χ4v) is 4.45. The number of fused-ring (bicyclic) bond motifs is 1. The van der Waals surface area contributed by atoms with E-state index in [2.05, 4.69) is 28.3 Å². The largest absolute Gasteiger partial charge is 0.346 e. The van der Waals surface area contributed by atoms with E-state index in [1.54, 1.807) is 11.8 Å². The lowest BCUT2D eigenvalue weighted by Gasteiger charge is -2.32. The predicted molar refractivity (Wildman–Crippen MR) is 117 cm³/mol. The summed E-state index contributed by atoms with van der Waals surface area (Å²) in [6.45, 7) is 3.31. The first-order valence-corrected chi connectivity index (χ1v) is 10.7. The highest BCUT2D eigenvalue weighted by Crippen LogP contribution is 2.34. The molecular formula is C22H22N4O2S. The van der Waals surface area contributed by atoms with Crippen LogP contribution in [0.5, 0.6) is 0 Å². The molecule has 2 N–H and O–H groups in total. The number of hydrogen-bond acceptors (Lipinski definition) is 4. The lowest BCUT2D eigenvalue weighted by atomic mass is 9.89. The first-order chi connectivity index (χ1) is 14.1. The SMILES string of the molecule is CSc1ccccc1C(=O)N1CC=C(c2cc(NC=O)nc3[nH]ccc23)C(C)C1. The number of thioether (sulfide) groups is 1. The molecule has 4 rings (SSSR count). The molecule has 2 aromatic heterocycles. The molecule has 1 aromatic carbocycles. The molecule has 148 valence electrons.